The number of anilines is 1. The summed E-state index contributed by atoms with van der Waals surface area (Å²) in [7, 11) is 2.08. The number of nitrogens with two attached hydrogens (primary N) is 1. The minimum atomic E-state index is -0.0955. The highest BCUT2D eigenvalue weighted by atomic mass is 16.2. The summed E-state index contributed by atoms with van der Waals surface area (Å²) in [6.07, 6.45) is 0. The van der Waals surface area contributed by atoms with E-state index in [4.69, 9.17) is 5.73 Å². The van der Waals surface area contributed by atoms with Crippen molar-refractivity contribution in [1.29, 1.82) is 0 Å². The van der Waals surface area contributed by atoms with Crippen LogP contribution in [0.25, 0.3) is 0 Å². The summed E-state index contributed by atoms with van der Waals surface area (Å²) >= 11 is 0. The van der Waals surface area contributed by atoms with Crippen molar-refractivity contribution in [3.8, 4) is 0 Å². The Hall–Kier alpha value is -1.59. The third-order valence-electron chi connectivity index (χ3n) is 2.91. The molecule has 0 saturated carbocycles. The van der Waals surface area contributed by atoms with E-state index >= 15 is 0 Å². The molecule has 0 aromatic heterocycles. The first-order valence-corrected chi connectivity index (χ1v) is 5.75. The third-order valence-corrected chi connectivity index (χ3v) is 2.91. The number of piperazine rings is 1. The predicted molar refractivity (Wildman–Crippen MR) is 67.4 cm³/mol. The van der Waals surface area contributed by atoms with Gasteiger partial charge in [0, 0.05) is 37.4 Å². The fourth-order valence-electron chi connectivity index (χ4n) is 1.81. The molecule has 1 aromatic rings. The summed E-state index contributed by atoms with van der Waals surface area (Å²) < 4.78 is 0. The Balaban J connectivity index is 1.93. The van der Waals surface area contributed by atoms with Crippen molar-refractivity contribution >= 4 is 11.6 Å². The van der Waals surface area contributed by atoms with Gasteiger partial charge in [0.05, 0.1) is 0 Å². The zero-order valence-corrected chi connectivity index (χ0v) is 10.0. The monoisotopic (exact) mass is 234 g/mol. The lowest BCUT2D eigenvalue weighted by Gasteiger charge is -2.32. The van der Waals surface area contributed by atoms with Gasteiger partial charge in [0.2, 0.25) is 0 Å². The molecule has 1 aliphatic rings. The van der Waals surface area contributed by atoms with Gasteiger partial charge in [0.15, 0.2) is 0 Å². The molecular weight excluding hydrogens is 216 g/mol. The largest absolute Gasteiger partial charge is 0.399 e. The van der Waals surface area contributed by atoms with Gasteiger partial charge in [-0.15, -0.1) is 0 Å². The number of likely N-dealkylation sites (N-methyl/N-ethyl adjacent to an activating group) is 1. The number of nitrogens with zero attached hydrogens (tertiary/aromatic N) is 2. The van der Waals surface area contributed by atoms with E-state index in [-0.39, 0.29) is 5.91 Å². The number of hydrogen-bond acceptors (Lipinski definition) is 4. The minimum Gasteiger partial charge on any atom is -0.399 e. The van der Waals surface area contributed by atoms with E-state index in [1.165, 1.54) is 0 Å². The Labute approximate surface area is 101 Å². The maximum absolute atomic E-state index is 11.9. The van der Waals surface area contributed by atoms with Crippen molar-refractivity contribution in [3.05, 3.63) is 29.8 Å². The number of hydrogen-bond donors (Lipinski definition) is 2. The second kappa shape index (κ2) is 5.16. The number of benzene rings is 1. The summed E-state index contributed by atoms with van der Waals surface area (Å²) in [5.74, 6) is -0.0955. The average molecular weight is 234 g/mol. The molecule has 1 fully saturated rings. The zero-order valence-electron chi connectivity index (χ0n) is 10.0. The number of rotatable bonds is 2. The molecular formula is C12H18N4O. The van der Waals surface area contributed by atoms with Crippen molar-refractivity contribution in [2.24, 2.45) is 0 Å². The summed E-state index contributed by atoms with van der Waals surface area (Å²) in [5.41, 5.74) is 9.75. The normalized spacial score (nSPS) is 17.9. The topological polar surface area (TPSA) is 61.6 Å². The van der Waals surface area contributed by atoms with Crippen LogP contribution in [-0.2, 0) is 0 Å². The molecule has 17 heavy (non-hydrogen) atoms. The summed E-state index contributed by atoms with van der Waals surface area (Å²) in [4.78, 5) is 14.2. The summed E-state index contributed by atoms with van der Waals surface area (Å²) in [6, 6.07) is 7.01. The highest BCUT2D eigenvalue weighted by Crippen LogP contribution is 2.06. The Bertz CT molecular complexity index is 399. The number of hydrazine groups is 1. The van der Waals surface area contributed by atoms with E-state index in [2.05, 4.69) is 17.4 Å². The molecule has 1 saturated heterocycles. The van der Waals surface area contributed by atoms with Gasteiger partial charge in [0.25, 0.3) is 5.91 Å². The molecule has 2 rings (SSSR count). The highest BCUT2D eigenvalue weighted by molar-refractivity contribution is 5.94. The summed E-state index contributed by atoms with van der Waals surface area (Å²) in [6.45, 7) is 3.64. The first-order chi connectivity index (χ1) is 8.15. The van der Waals surface area contributed by atoms with Crippen LogP contribution in [0, 0.1) is 0 Å². The Morgan fingerprint density at radius 1 is 1.29 bits per heavy atom. The minimum absolute atomic E-state index is 0.0955. The molecule has 0 bridgehead atoms. The molecule has 1 amide bonds. The first kappa shape index (κ1) is 11.9. The molecule has 3 N–H and O–H groups in total. The van der Waals surface area contributed by atoms with Crippen molar-refractivity contribution < 1.29 is 4.79 Å². The second-order valence-corrected chi connectivity index (χ2v) is 4.36. The van der Waals surface area contributed by atoms with Crippen LogP contribution in [0.2, 0.25) is 0 Å². The van der Waals surface area contributed by atoms with Crippen LogP contribution in [0.5, 0.6) is 0 Å². The van der Waals surface area contributed by atoms with Crippen LogP contribution >= 0.6 is 0 Å². The molecule has 1 aliphatic heterocycles. The first-order valence-electron chi connectivity index (χ1n) is 5.75. The standard InChI is InChI=1S/C12H18N4O/c1-15-5-7-16(8-6-15)14-12(17)10-3-2-4-11(13)9-10/h2-4,9H,5-8,13H2,1H3,(H,14,17). The van der Waals surface area contributed by atoms with Crippen LogP contribution < -0.4 is 11.2 Å². The molecule has 0 radical (unpaired) electrons. The number of carbonyl (C=O) groups excluding carboxylic acids is 1. The van der Waals surface area contributed by atoms with E-state index in [9.17, 15) is 4.79 Å². The van der Waals surface area contributed by atoms with E-state index in [0.29, 0.717) is 11.3 Å². The highest BCUT2D eigenvalue weighted by Gasteiger charge is 2.16. The number of nitrogen functional groups attached to an aromatic ring is 1. The number of amides is 1. The van der Waals surface area contributed by atoms with Gasteiger partial charge in [-0.05, 0) is 25.2 Å². The second-order valence-electron chi connectivity index (χ2n) is 4.36. The maximum Gasteiger partial charge on any atom is 0.265 e. The fourth-order valence-corrected chi connectivity index (χ4v) is 1.81. The van der Waals surface area contributed by atoms with Gasteiger partial charge < -0.3 is 10.6 Å². The van der Waals surface area contributed by atoms with Crippen molar-refractivity contribution in [1.82, 2.24) is 15.3 Å². The smallest absolute Gasteiger partial charge is 0.265 e. The molecule has 1 aromatic carbocycles. The molecule has 92 valence electrons. The molecule has 5 nitrogen and oxygen atoms in total. The lowest BCUT2D eigenvalue weighted by atomic mass is 10.2. The fraction of sp³-hybridized carbons (Fsp3) is 0.417. The molecule has 1 heterocycles. The molecule has 0 spiro atoms. The van der Waals surface area contributed by atoms with Crippen LogP contribution in [-0.4, -0.2) is 49.0 Å². The Morgan fingerprint density at radius 2 is 2.00 bits per heavy atom. The molecule has 0 atom stereocenters. The van der Waals surface area contributed by atoms with Gasteiger partial charge in [-0.1, -0.05) is 6.07 Å². The van der Waals surface area contributed by atoms with Gasteiger partial charge in [-0.25, -0.2) is 5.01 Å². The number of nitrogens with one attached hydrogen (secondary N) is 1. The van der Waals surface area contributed by atoms with Gasteiger partial charge in [-0.3, -0.25) is 10.2 Å². The van der Waals surface area contributed by atoms with E-state index < -0.39 is 0 Å². The van der Waals surface area contributed by atoms with E-state index in [1.807, 2.05) is 5.01 Å². The third kappa shape index (κ3) is 3.18. The van der Waals surface area contributed by atoms with Crippen LogP contribution in [0.15, 0.2) is 24.3 Å². The Morgan fingerprint density at radius 3 is 2.65 bits per heavy atom. The van der Waals surface area contributed by atoms with Gasteiger partial charge in [-0.2, -0.15) is 0 Å². The van der Waals surface area contributed by atoms with E-state index in [1.54, 1.807) is 24.3 Å². The lowest BCUT2D eigenvalue weighted by molar-refractivity contribution is 0.0662. The Kier molecular flexibility index (Phi) is 3.61. The molecule has 0 unspecified atom stereocenters. The van der Waals surface area contributed by atoms with E-state index in [0.717, 1.165) is 26.2 Å². The van der Waals surface area contributed by atoms with Crippen LogP contribution in [0.4, 0.5) is 5.69 Å². The van der Waals surface area contributed by atoms with Crippen molar-refractivity contribution in [2.45, 2.75) is 0 Å². The van der Waals surface area contributed by atoms with Crippen LogP contribution in [0.1, 0.15) is 10.4 Å². The number of carbonyl (C=O) groups is 1. The average Bonchev–Trinajstić information content (AvgIpc) is 2.32. The quantitative estimate of drug-likeness (QED) is 0.716. The van der Waals surface area contributed by atoms with Gasteiger partial charge in [0.1, 0.15) is 0 Å². The van der Waals surface area contributed by atoms with Crippen LogP contribution in [0.3, 0.4) is 0 Å². The maximum atomic E-state index is 11.9. The molecule has 0 aliphatic carbocycles. The summed E-state index contributed by atoms with van der Waals surface area (Å²) in [5, 5.41) is 1.95. The SMILES string of the molecule is CN1CCN(NC(=O)c2cccc(N)c2)CC1. The van der Waals surface area contributed by atoms with Gasteiger partial charge >= 0.3 is 0 Å². The molecule has 5 heteroatoms. The lowest BCUT2D eigenvalue weighted by Crippen LogP contribution is -2.52. The van der Waals surface area contributed by atoms with Crippen molar-refractivity contribution in [3.63, 3.8) is 0 Å². The predicted octanol–water partition coefficient (Wildman–Crippen LogP) is 0.161. The zero-order chi connectivity index (χ0) is 12.3. The van der Waals surface area contributed by atoms with Crippen molar-refractivity contribution in [2.75, 3.05) is 39.0 Å².